The summed E-state index contributed by atoms with van der Waals surface area (Å²) in [5, 5.41) is 22.5. The van der Waals surface area contributed by atoms with Crippen LogP contribution in [-0.2, 0) is 11.3 Å². The molecule has 0 aromatic carbocycles. The quantitative estimate of drug-likeness (QED) is 0.793. The number of hydrogen-bond acceptors (Lipinski definition) is 6. The Morgan fingerprint density at radius 1 is 1.43 bits per heavy atom. The summed E-state index contributed by atoms with van der Waals surface area (Å²) < 4.78 is 6.72. The van der Waals surface area contributed by atoms with Crippen molar-refractivity contribution in [2.45, 2.75) is 13.5 Å². The van der Waals surface area contributed by atoms with Crippen molar-refractivity contribution in [3.05, 3.63) is 34.5 Å². The lowest BCUT2D eigenvalue weighted by Gasteiger charge is -2.00. The fraction of sp³-hybridized carbons (Fsp3) is 0.231. The summed E-state index contributed by atoms with van der Waals surface area (Å²) in [6.45, 7) is 2.15. The average Bonchev–Trinajstić information content (AvgIpc) is 3.01. The number of aromatic carboxylic acids is 1. The van der Waals surface area contributed by atoms with Crippen LogP contribution in [0.25, 0.3) is 16.0 Å². The molecule has 0 atom stereocenters. The maximum atomic E-state index is 11.2. The Morgan fingerprint density at radius 3 is 2.86 bits per heavy atom. The number of aryl methyl sites for hydroxylation is 1. The zero-order valence-corrected chi connectivity index (χ0v) is 12.2. The van der Waals surface area contributed by atoms with E-state index in [0.717, 1.165) is 27.2 Å². The maximum Gasteiger partial charge on any atom is 0.345 e. The Morgan fingerprint density at radius 2 is 2.24 bits per heavy atom. The van der Waals surface area contributed by atoms with E-state index < -0.39 is 5.97 Å². The third-order valence-electron chi connectivity index (χ3n) is 2.93. The van der Waals surface area contributed by atoms with Gasteiger partial charge in [0.25, 0.3) is 0 Å². The summed E-state index contributed by atoms with van der Waals surface area (Å²) in [5.41, 5.74) is 1.48. The van der Waals surface area contributed by atoms with Gasteiger partial charge < -0.3 is 9.84 Å². The molecule has 3 aromatic rings. The van der Waals surface area contributed by atoms with Crippen LogP contribution in [0.1, 0.15) is 21.1 Å². The topological polar surface area (TPSA) is 90.1 Å². The second-order valence-electron chi connectivity index (χ2n) is 4.46. The molecule has 7 nitrogen and oxygen atoms in total. The highest BCUT2D eigenvalue weighted by Gasteiger charge is 2.19. The summed E-state index contributed by atoms with van der Waals surface area (Å²) in [5.74, 6) is -0.409. The second-order valence-corrected chi connectivity index (χ2v) is 5.49. The Bertz CT molecular complexity index is 807. The second kappa shape index (κ2) is 5.23. The first-order chi connectivity index (χ1) is 10.1. The average molecular weight is 304 g/mol. The first kappa shape index (κ1) is 13.7. The molecule has 0 bridgehead atoms. The first-order valence-corrected chi connectivity index (χ1v) is 6.96. The molecule has 0 amide bonds. The van der Waals surface area contributed by atoms with Gasteiger partial charge in [0, 0.05) is 12.5 Å². The lowest BCUT2D eigenvalue weighted by atomic mass is 10.3. The lowest BCUT2D eigenvalue weighted by molar-refractivity contribution is 0.0702. The van der Waals surface area contributed by atoms with Crippen molar-refractivity contribution in [3.8, 4) is 5.82 Å². The summed E-state index contributed by atoms with van der Waals surface area (Å²) in [6, 6.07) is 5.24. The standard InChI is InChI=1S/C13H12N4O3S/c1-7-3-4-11(15-14-7)17-12-8(9(16-17)6-20-2)5-10(21-12)13(18)19/h3-5H,6H2,1-2H3,(H,18,19). The molecule has 0 fully saturated rings. The molecular weight excluding hydrogens is 292 g/mol. The monoisotopic (exact) mass is 304 g/mol. The minimum Gasteiger partial charge on any atom is -0.477 e. The molecule has 3 aromatic heterocycles. The van der Waals surface area contributed by atoms with Crippen LogP contribution in [0.2, 0.25) is 0 Å². The number of thiophene rings is 1. The summed E-state index contributed by atoms with van der Waals surface area (Å²) >= 11 is 1.16. The Balaban J connectivity index is 2.21. The normalized spacial score (nSPS) is 11.1. The predicted octanol–water partition coefficient (Wildman–Crippen LogP) is 2.03. The molecule has 1 N–H and O–H groups in total. The van der Waals surface area contributed by atoms with E-state index in [0.29, 0.717) is 18.1 Å². The number of methoxy groups -OCH3 is 1. The van der Waals surface area contributed by atoms with Crippen LogP contribution in [0.4, 0.5) is 0 Å². The van der Waals surface area contributed by atoms with Gasteiger partial charge >= 0.3 is 5.97 Å². The molecule has 0 aliphatic rings. The SMILES string of the molecule is COCc1nn(-c2ccc(C)nn2)c2sc(C(=O)O)cc12. The molecule has 0 unspecified atom stereocenters. The maximum absolute atomic E-state index is 11.2. The van der Waals surface area contributed by atoms with E-state index >= 15 is 0 Å². The molecule has 0 spiro atoms. The predicted molar refractivity (Wildman–Crippen MR) is 76.9 cm³/mol. The molecule has 8 heteroatoms. The lowest BCUT2D eigenvalue weighted by Crippen LogP contribution is -2.02. The molecule has 0 aliphatic carbocycles. The number of ether oxygens (including phenoxy) is 1. The van der Waals surface area contributed by atoms with Crippen molar-refractivity contribution in [1.29, 1.82) is 0 Å². The van der Waals surface area contributed by atoms with Gasteiger partial charge in [0.05, 0.1) is 18.0 Å². The zero-order chi connectivity index (χ0) is 15.0. The Labute approximate surface area is 123 Å². The number of hydrogen-bond donors (Lipinski definition) is 1. The van der Waals surface area contributed by atoms with Crippen molar-refractivity contribution >= 4 is 27.5 Å². The van der Waals surface area contributed by atoms with Gasteiger partial charge in [0.2, 0.25) is 0 Å². The van der Waals surface area contributed by atoms with Crippen molar-refractivity contribution in [1.82, 2.24) is 20.0 Å². The van der Waals surface area contributed by atoms with Crippen LogP contribution < -0.4 is 0 Å². The van der Waals surface area contributed by atoms with Gasteiger partial charge in [-0.1, -0.05) is 0 Å². The van der Waals surface area contributed by atoms with E-state index in [4.69, 9.17) is 9.84 Å². The van der Waals surface area contributed by atoms with Crippen molar-refractivity contribution in [3.63, 3.8) is 0 Å². The van der Waals surface area contributed by atoms with E-state index in [1.807, 2.05) is 13.0 Å². The zero-order valence-electron chi connectivity index (χ0n) is 11.4. The summed E-state index contributed by atoms with van der Waals surface area (Å²) in [4.78, 5) is 12.1. The largest absolute Gasteiger partial charge is 0.477 e. The number of aromatic nitrogens is 4. The molecule has 0 aliphatic heterocycles. The van der Waals surface area contributed by atoms with Gasteiger partial charge in [-0.3, -0.25) is 0 Å². The van der Waals surface area contributed by atoms with Crippen molar-refractivity contribution in [2.24, 2.45) is 0 Å². The number of rotatable bonds is 4. The van der Waals surface area contributed by atoms with Crippen LogP contribution in [0.3, 0.4) is 0 Å². The highest BCUT2D eigenvalue weighted by molar-refractivity contribution is 7.20. The number of carboxylic acids is 1. The molecule has 3 heterocycles. The van der Waals surface area contributed by atoms with E-state index in [1.54, 1.807) is 23.9 Å². The molecule has 3 rings (SSSR count). The molecule has 0 saturated carbocycles. The Hall–Kier alpha value is -2.32. The van der Waals surface area contributed by atoms with Crippen LogP contribution in [0.15, 0.2) is 18.2 Å². The van der Waals surface area contributed by atoms with Gasteiger partial charge in [0.1, 0.15) is 9.71 Å². The fourth-order valence-electron chi connectivity index (χ4n) is 1.97. The van der Waals surface area contributed by atoms with E-state index in [2.05, 4.69) is 15.3 Å². The number of nitrogens with zero attached hydrogens (tertiary/aromatic N) is 4. The molecule has 21 heavy (non-hydrogen) atoms. The smallest absolute Gasteiger partial charge is 0.345 e. The van der Waals surface area contributed by atoms with Crippen LogP contribution in [0.5, 0.6) is 0 Å². The van der Waals surface area contributed by atoms with Gasteiger partial charge in [-0.15, -0.1) is 16.4 Å². The minimum absolute atomic E-state index is 0.258. The van der Waals surface area contributed by atoms with E-state index in [-0.39, 0.29) is 4.88 Å². The van der Waals surface area contributed by atoms with Gasteiger partial charge in [0.15, 0.2) is 5.82 Å². The molecular formula is C13H12N4O3S. The van der Waals surface area contributed by atoms with E-state index in [9.17, 15) is 4.79 Å². The summed E-state index contributed by atoms with van der Waals surface area (Å²) in [7, 11) is 1.57. The fourth-order valence-corrected chi connectivity index (χ4v) is 2.95. The van der Waals surface area contributed by atoms with Crippen LogP contribution in [0, 0.1) is 6.92 Å². The van der Waals surface area contributed by atoms with Crippen molar-refractivity contribution in [2.75, 3.05) is 7.11 Å². The van der Waals surface area contributed by atoms with Gasteiger partial charge in [-0.05, 0) is 25.1 Å². The first-order valence-electron chi connectivity index (χ1n) is 6.14. The number of fused-ring (bicyclic) bond motifs is 1. The highest BCUT2D eigenvalue weighted by Crippen LogP contribution is 2.30. The van der Waals surface area contributed by atoms with E-state index in [1.165, 1.54) is 0 Å². The highest BCUT2D eigenvalue weighted by atomic mass is 32.1. The van der Waals surface area contributed by atoms with Gasteiger partial charge in [-0.2, -0.15) is 10.2 Å². The molecule has 0 radical (unpaired) electrons. The number of carboxylic acid groups (broad SMARTS) is 1. The number of carbonyl (C=O) groups is 1. The van der Waals surface area contributed by atoms with Crippen molar-refractivity contribution < 1.29 is 14.6 Å². The van der Waals surface area contributed by atoms with Gasteiger partial charge in [-0.25, -0.2) is 9.48 Å². The third-order valence-corrected chi connectivity index (χ3v) is 4.03. The summed E-state index contributed by atoms with van der Waals surface area (Å²) in [6.07, 6.45) is 0. The van der Waals surface area contributed by atoms with Crippen LogP contribution in [-0.4, -0.2) is 38.2 Å². The molecule has 108 valence electrons. The Kier molecular flexibility index (Phi) is 3.40. The molecule has 0 saturated heterocycles. The third kappa shape index (κ3) is 2.39. The van der Waals surface area contributed by atoms with Crippen LogP contribution >= 0.6 is 11.3 Å². The minimum atomic E-state index is -0.957.